The second kappa shape index (κ2) is 7.11. The minimum Gasteiger partial charge on any atom is -0.457 e. The standard InChI is InChI=1S/C18H23NO/c1-4-11-19-13-16-12-15(3)7-10-18(16)20-17-8-5-14(2)6-9-17/h5-10,12,19H,4,11,13H2,1-3H3. The highest BCUT2D eigenvalue weighted by molar-refractivity contribution is 5.40. The van der Waals surface area contributed by atoms with Gasteiger partial charge in [-0.25, -0.2) is 0 Å². The molecule has 0 atom stereocenters. The third kappa shape index (κ3) is 4.10. The number of benzene rings is 2. The molecule has 0 unspecified atom stereocenters. The normalized spacial score (nSPS) is 10.6. The smallest absolute Gasteiger partial charge is 0.131 e. The molecule has 0 radical (unpaired) electrons. The highest BCUT2D eigenvalue weighted by Crippen LogP contribution is 2.26. The molecule has 0 aliphatic heterocycles. The van der Waals surface area contributed by atoms with Crippen LogP contribution >= 0.6 is 0 Å². The summed E-state index contributed by atoms with van der Waals surface area (Å²) in [7, 11) is 0. The van der Waals surface area contributed by atoms with Gasteiger partial charge < -0.3 is 10.1 Å². The Morgan fingerprint density at radius 1 is 0.950 bits per heavy atom. The largest absolute Gasteiger partial charge is 0.457 e. The van der Waals surface area contributed by atoms with E-state index in [1.807, 2.05) is 12.1 Å². The molecule has 0 saturated carbocycles. The Hall–Kier alpha value is -1.80. The molecule has 0 aliphatic carbocycles. The van der Waals surface area contributed by atoms with E-state index in [9.17, 15) is 0 Å². The predicted molar refractivity (Wildman–Crippen MR) is 84.4 cm³/mol. The van der Waals surface area contributed by atoms with Gasteiger partial charge in [0.1, 0.15) is 11.5 Å². The van der Waals surface area contributed by atoms with Crippen LogP contribution in [0.4, 0.5) is 0 Å². The molecule has 106 valence electrons. The monoisotopic (exact) mass is 269 g/mol. The van der Waals surface area contributed by atoms with Crippen molar-refractivity contribution < 1.29 is 4.74 Å². The zero-order valence-electron chi connectivity index (χ0n) is 12.6. The van der Waals surface area contributed by atoms with Crippen LogP contribution in [0.25, 0.3) is 0 Å². The first-order chi connectivity index (χ1) is 9.69. The van der Waals surface area contributed by atoms with Gasteiger partial charge in [0.05, 0.1) is 0 Å². The summed E-state index contributed by atoms with van der Waals surface area (Å²) in [6.45, 7) is 8.23. The molecule has 0 bridgehead atoms. The summed E-state index contributed by atoms with van der Waals surface area (Å²) in [5.74, 6) is 1.82. The number of ether oxygens (including phenoxy) is 1. The fraction of sp³-hybridized carbons (Fsp3) is 0.333. The highest BCUT2D eigenvalue weighted by atomic mass is 16.5. The van der Waals surface area contributed by atoms with Crippen LogP contribution in [0.5, 0.6) is 11.5 Å². The van der Waals surface area contributed by atoms with Crippen LogP contribution < -0.4 is 10.1 Å². The lowest BCUT2D eigenvalue weighted by Crippen LogP contribution is -2.14. The SMILES string of the molecule is CCCNCc1cc(C)ccc1Oc1ccc(C)cc1. The van der Waals surface area contributed by atoms with Crippen LogP contribution in [0.2, 0.25) is 0 Å². The van der Waals surface area contributed by atoms with E-state index in [0.29, 0.717) is 0 Å². The van der Waals surface area contributed by atoms with Gasteiger partial charge in [0.2, 0.25) is 0 Å². The molecule has 0 aliphatic rings. The zero-order chi connectivity index (χ0) is 14.4. The predicted octanol–water partition coefficient (Wildman–Crippen LogP) is 4.60. The Bertz CT molecular complexity index is 546. The zero-order valence-corrected chi connectivity index (χ0v) is 12.6. The third-order valence-corrected chi connectivity index (χ3v) is 3.21. The van der Waals surface area contributed by atoms with Gasteiger partial charge >= 0.3 is 0 Å². The molecule has 20 heavy (non-hydrogen) atoms. The van der Waals surface area contributed by atoms with E-state index < -0.39 is 0 Å². The maximum Gasteiger partial charge on any atom is 0.131 e. The topological polar surface area (TPSA) is 21.3 Å². The van der Waals surface area contributed by atoms with Gasteiger partial charge in [-0.2, -0.15) is 0 Å². The van der Waals surface area contributed by atoms with Crippen molar-refractivity contribution in [3.63, 3.8) is 0 Å². The van der Waals surface area contributed by atoms with Gasteiger partial charge in [0.25, 0.3) is 0 Å². The van der Waals surface area contributed by atoms with Gasteiger partial charge in [0.15, 0.2) is 0 Å². The molecule has 0 fully saturated rings. The molecular formula is C18H23NO. The Balaban J connectivity index is 2.15. The summed E-state index contributed by atoms with van der Waals surface area (Å²) in [6.07, 6.45) is 1.14. The molecule has 0 heterocycles. The van der Waals surface area contributed by atoms with Crippen molar-refractivity contribution in [3.05, 3.63) is 59.2 Å². The van der Waals surface area contributed by atoms with Crippen molar-refractivity contribution >= 4 is 0 Å². The molecule has 2 rings (SSSR count). The van der Waals surface area contributed by atoms with E-state index in [0.717, 1.165) is 31.0 Å². The van der Waals surface area contributed by atoms with Gasteiger partial charge in [0, 0.05) is 12.1 Å². The molecule has 1 N–H and O–H groups in total. The lowest BCUT2D eigenvalue weighted by molar-refractivity contribution is 0.472. The molecule has 2 heteroatoms. The molecule has 0 spiro atoms. The second-order valence-electron chi connectivity index (χ2n) is 5.20. The van der Waals surface area contributed by atoms with E-state index in [-0.39, 0.29) is 0 Å². The average molecular weight is 269 g/mol. The minimum atomic E-state index is 0.844. The molecular weight excluding hydrogens is 246 g/mol. The third-order valence-electron chi connectivity index (χ3n) is 3.21. The van der Waals surface area contributed by atoms with Crippen LogP contribution in [0.15, 0.2) is 42.5 Å². The van der Waals surface area contributed by atoms with Gasteiger partial charge in [-0.3, -0.25) is 0 Å². The van der Waals surface area contributed by atoms with E-state index in [1.165, 1.54) is 16.7 Å². The lowest BCUT2D eigenvalue weighted by atomic mass is 10.1. The Kier molecular flexibility index (Phi) is 5.19. The van der Waals surface area contributed by atoms with E-state index in [1.54, 1.807) is 0 Å². The van der Waals surface area contributed by atoms with E-state index >= 15 is 0 Å². The first kappa shape index (κ1) is 14.6. The van der Waals surface area contributed by atoms with Crippen molar-refractivity contribution in [3.8, 4) is 11.5 Å². The fourth-order valence-corrected chi connectivity index (χ4v) is 2.08. The lowest BCUT2D eigenvalue weighted by Gasteiger charge is -2.13. The highest BCUT2D eigenvalue weighted by Gasteiger charge is 2.05. The number of hydrogen-bond donors (Lipinski definition) is 1. The second-order valence-corrected chi connectivity index (χ2v) is 5.20. The van der Waals surface area contributed by atoms with Crippen LogP contribution in [0, 0.1) is 13.8 Å². The molecule has 2 nitrogen and oxygen atoms in total. The van der Waals surface area contributed by atoms with Gasteiger partial charge in [-0.1, -0.05) is 42.3 Å². The molecule has 0 saturated heterocycles. The van der Waals surface area contributed by atoms with Crippen molar-refractivity contribution in [2.45, 2.75) is 33.7 Å². The Morgan fingerprint density at radius 3 is 2.35 bits per heavy atom. The summed E-state index contributed by atoms with van der Waals surface area (Å²) in [5.41, 5.74) is 3.71. The number of nitrogens with one attached hydrogen (secondary N) is 1. The molecule has 2 aromatic carbocycles. The van der Waals surface area contributed by atoms with Crippen LogP contribution in [0.3, 0.4) is 0 Å². The number of rotatable bonds is 6. The van der Waals surface area contributed by atoms with Crippen molar-refractivity contribution in [1.82, 2.24) is 5.32 Å². The Labute approximate surface area is 121 Å². The van der Waals surface area contributed by atoms with Crippen molar-refractivity contribution in [1.29, 1.82) is 0 Å². The van der Waals surface area contributed by atoms with Gasteiger partial charge in [-0.05, 0) is 45.0 Å². The summed E-state index contributed by atoms with van der Waals surface area (Å²) in [6, 6.07) is 14.5. The van der Waals surface area contributed by atoms with Crippen LogP contribution in [0.1, 0.15) is 30.0 Å². The van der Waals surface area contributed by atoms with Crippen molar-refractivity contribution in [2.24, 2.45) is 0 Å². The first-order valence-corrected chi connectivity index (χ1v) is 7.24. The van der Waals surface area contributed by atoms with Crippen LogP contribution in [-0.4, -0.2) is 6.54 Å². The first-order valence-electron chi connectivity index (χ1n) is 7.24. The minimum absolute atomic E-state index is 0.844. The maximum absolute atomic E-state index is 6.01. The maximum atomic E-state index is 6.01. The summed E-state index contributed by atoms with van der Waals surface area (Å²) in [5, 5.41) is 3.43. The molecule has 2 aromatic rings. The van der Waals surface area contributed by atoms with Crippen molar-refractivity contribution in [2.75, 3.05) is 6.54 Å². The van der Waals surface area contributed by atoms with E-state index in [4.69, 9.17) is 4.74 Å². The fourth-order valence-electron chi connectivity index (χ4n) is 2.08. The summed E-state index contributed by atoms with van der Waals surface area (Å²) in [4.78, 5) is 0. The summed E-state index contributed by atoms with van der Waals surface area (Å²) < 4.78 is 6.01. The van der Waals surface area contributed by atoms with E-state index in [2.05, 4.69) is 56.4 Å². The average Bonchev–Trinajstić information content (AvgIpc) is 2.44. The quantitative estimate of drug-likeness (QED) is 0.774. The number of aryl methyl sites for hydroxylation is 2. The Morgan fingerprint density at radius 2 is 1.65 bits per heavy atom. The van der Waals surface area contributed by atoms with Crippen LogP contribution in [-0.2, 0) is 6.54 Å². The van der Waals surface area contributed by atoms with Gasteiger partial charge in [-0.15, -0.1) is 0 Å². The summed E-state index contributed by atoms with van der Waals surface area (Å²) >= 11 is 0. The number of hydrogen-bond acceptors (Lipinski definition) is 2. The molecule has 0 amide bonds. The molecule has 0 aromatic heterocycles.